The predicted molar refractivity (Wildman–Crippen MR) is 169 cm³/mol. The summed E-state index contributed by atoms with van der Waals surface area (Å²) in [6.07, 6.45) is 7.04. The van der Waals surface area contributed by atoms with Crippen LogP contribution in [0.5, 0.6) is 0 Å². The molecule has 1 saturated carbocycles. The van der Waals surface area contributed by atoms with Crippen molar-refractivity contribution in [3.8, 4) is 28.5 Å². The molecule has 3 nitrogen and oxygen atoms in total. The fraction of sp³-hybridized carbons (Fsp3) is 0.368. The Morgan fingerprint density at radius 1 is 0.976 bits per heavy atom. The van der Waals surface area contributed by atoms with E-state index >= 15 is 0 Å². The molecule has 5 aromatic rings. The zero-order chi connectivity index (χ0) is 29.8. The zero-order valence-electron chi connectivity index (χ0n) is 26.3. The predicted octanol–water partition coefficient (Wildman–Crippen LogP) is 9.81. The lowest BCUT2D eigenvalue weighted by atomic mass is 9.71. The van der Waals surface area contributed by atoms with Crippen LogP contribution in [0, 0.1) is 29.6 Å². The van der Waals surface area contributed by atoms with E-state index in [2.05, 4.69) is 107 Å². The molecule has 1 fully saturated rings. The Balaban J connectivity index is 1.50. The number of benzene rings is 3. The fourth-order valence-electron chi connectivity index (χ4n) is 6.55. The summed E-state index contributed by atoms with van der Waals surface area (Å²) in [4.78, 5) is 0. The van der Waals surface area contributed by atoms with Gasteiger partial charge in [-0.05, 0) is 90.6 Å². The van der Waals surface area contributed by atoms with Crippen LogP contribution < -0.4 is 4.57 Å². The minimum absolute atomic E-state index is 0.313. The third kappa shape index (κ3) is 5.06. The van der Waals surface area contributed by atoms with Crippen LogP contribution in [0.15, 0.2) is 71.3 Å². The maximum absolute atomic E-state index is 10.2. The molecule has 0 unspecified atom stereocenters. The summed E-state index contributed by atoms with van der Waals surface area (Å²) in [7, 11) is 2.09. The summed E-state index contributed by atoms with van der Waals surface area (Å²) >= 11 is 0. The maximum atomic E-state index is 10.2. The molecule has 1 aliphatic carbocycles. The smallest absolute Gasteiger partial charge is 0.216 e. The Kier molecular flexibility index (Phi) is 6.66. The number of fused-ring (bicyclic) bond motifs is 3. The van der Waals surface area contributed by atoms with Gasteiger partial charge in [-0.3, -0.25) is 0 Å². The van der Waals surface area contributed by atoms with E-state index in [1.807, 2.05) is 12.1 Å². The molecule has 41 heavy (non-hydrogen) atoms. The first-order valence-corrected chi connectivity index (χ1v) is 15.0. The van der Waals surface area contributed by atoms with Crippen LogP contribution in [-0.4, -0.2) is 0 Å². The van der Waals surface area contributed by atoms with Gasteiger partial charge in [-0.1, -0.05) is 64.1 Å². The highest BCUT2D eigenvalue weighted by molar-refractivity contribution is 6.14. The van der Waals surface area contributed by atoms with E-state index in [0.717, 1.165) is 87.6 Å². The molecule has 0 saturated heterocycles. The minimum atomic E-state index is -0.552. The van der Waals surface area contributed by atoms with Gasteiger partial charge in [0.05, 0.1) is 17.2 Å². The van der Waals surface area contributed by atoms with E-state index in [1.54, 1.807) is 0 Å². The van der Waals surface area contributed by atoms with Crippen LogP contribution >= 0.6 is 0 Å². The van der Waals surface area contributed by atoms with E-state index in [0.29, 0.717) is 16.9 Å². The van der Waals surface area contributed by atoms with Crippen LogP contribution in [0.1, 0.15) is 82.9 Å². The van der Waals surface area contributed by atoms with Crippen LogP contribution in [0.2, 0.25) is 0 Å². The second-order valence-electron chi connectivity index (χ2n) is 13.2. The largest absolute Gasteiger partial charge is 0.454 e. The summed E-state index contributed by atoms with van der Waals surface area (Å²) in [6.45, 7) is 11.3. The molecule has 2 aromatic heterocycles. The van der Waals surface area contributed by atoms with Crippen molar-refractivity contribution in [3.63, 3.8) is 0 Å². The molecule has 6 rings (SSSR count). The van der Waals surface area contributed by atoms with Crippen molar-refractivity contribution in [1.82, 2.24) is 0 Å². The third-order valence-corrected chi connectivity index (χ3v) is 9.04. The summed E-state index contributed by atoms with van der Waals surface area (Å²) < 4.78 is 18.2. The summed E-state index contributed by atoms with van der Waals surface area (Å²) in [5, 5.41) is 12.2. The van der Waals surface area contributed by atoms with E-state index in [1.165, 1.54) is 5.56 Å². The Labute approximate surface area is 245 Å². The normalized spacial score (nSPS) is 16.7. The molecular weight excluding hydrogens is 500 g/mol. The third-order valence-electron chi connectivity index (χ3n) is 9.04. The molecule has 0 bridgehead atoms. The van der Waals surface area contributed by atoms with Gasteiger partial charge in [0.1, 0.15) is 18.2 Å². The molecule has 0 spiro atoms. The second kappa shape index (κ2) is 10.5. The molecule has 0 amide bonds. The Hall–Kier alpha value is -3.90. The van der Waals surface area contributed by atoms with Gasteiger partial charge in [0.2, 0.25) is 5.69 Å². The minimum Gasteiger partial charge on any atom is -0.454 e. The molecule has 1 aliphatic rings. The van der Waals surface area contributed by atoms with Gasteiger partial charge in [-0.2, -0.15) is 5.26 Å². The quantitative estimate of drug-likeness (QED) is 0.207. The Morgan fingerprint density at radius 3 is 2.29 bits per heavy atom. The first-order valence-electron chi connectivity index (χ1n) is 15.5. The van der Waals surface area contributed by atoms with Crippen LogP contribution in [0.3, 0.4) is 0 Å². The van der Waals surface area contributed by atoms with Crippen molar-refractivity contribution in [2.45, 2.75) is 72.6 Å². The molecule has 3 heteroatoms. The van der Waals surface area contributed by atoms with Crippen LogP contribution in [-0.2, 0) is 13.5 Å². The van der Waals surface area contributed by atoms with Gasteiger partial charge < -0.3 is 4.42 Å². The van der Waals surface area contributed by atoms with Crippen molar-refractivity contribution >= 4 is 21.9 Å². The summed E-state index contributed by atoms with van der Waals surface area (Å²) in [5.74, 6) is 0.0191. The lowest BCUT2D eigenvalue weighted by Crippen LogP contribution is -2.31. The second-order valence-corrected chi connectivity index (χ2v) is 13.2. The molecule has 0 N–H and O–H groups in total. The van der Waals surface area contributed by atoms with Gasteiger partial charge >= 0.3 is 0 Å². The first kappa shape index (κ1) is 26.0. The van der Waals surface area contributed by atoms with E-state index in [4.69, 9.17) is 4.42 Å². The molecule has 2 heterocycles. The first-order chi connectivity index (χ1) is 20.0. The van der Waals surface area contributed by atoms with Crippen molar-refractivity contribution in [3.05, 3.63) is 89.1 Å². The van der Waals surface area contributed by atoms with Gasteiger partial charge in [0.25, 0.3) is 0 Å². The highest BCUT2D eigenvalue weighted by Gasteiger charge is 2.28. The molecular formula is C38H41N2O+. The molecule has 3 aromatic carbocycles. The number of aromatic nitrogens is 1. The number of hydrogen-bond acceptors (Lipinski definition) is 2. The number of aryl methyl sites for hydroxylation is 2. The highest BCUT2D eigenvalue weighted by Crippen LogP contribution is 2.44. The Morgan fingerprint density at radius 2 is 1.63 bits per heavy atom. The number of rotatable bonds is 5. The molecule has 0 atom stereocenters. The molecule has 0 aliphatic heterocycles. The lowest BCUT2D eigenvalue weighted by molar-refractivity contribution is -0.660. The lowest BCUT2D eigenvalue weighted by Gasteiger charge is -2.34. The van der Waals surface area contributed by atoms with E-state index < -0.39 is 5.89 Å². The monoisotopic (exact) mass is 542 g/mol. The van der Waals surface area contributed by atoms with Crippen molar-refractivity contribution in [2.75, 3.05) is 0 Å². The van der Waals surface area contributed by atoms with Crippen molar-refractivity contribution in [1.29, 1.82) is 5.26 Å². The standard InChI is InChI=1S/C38H41N2O/c1-24(2)21-26-17-20-40(6)33(22-26)34-25(3)7-13-31-32-14-12-30(23-39)35(37(32)41-36(31)34)29-10-8-27(9-11-29)28-15-18-38(4,5)19-16-28/h7-14,17,20,22,24,28H,15-16,18-19,21H2,1-6H3/q+1/i28D. The van der Waals surface area contributed by atoms with Crippen molar-refractivity contribution < 1.29 is 10.4 Å². The number of nitrogens with zero attached hydrogens (tertiary/aromatic N) is 2. The number of nitriles is 1. The zero-order valence-corrected chi connectivity index (χ0v) is 25.3. The van der Waals surface area contributed by atoms with Gasteiger partial charge in [0.15, 0.2) is 6.20 Å². The van der Waals surface area contributed by atoms with E-state index in [-0.39, 0.29) is 0 Å². The summed E-state index contributed by atoms with van der Waals surface area (Å²) in [5.41, 5.74) is 10.0. The fourth-order valence-corrected chi connectivity index (χ4v) is 6.55. The van der Waals surface area contributed by atoms with Crippen molar-refractivity contribution in [2.24, 2.45) is 18.4 Å². The Bertz CT molecular complexity index is 1840. The van der Waals surface area contributed by atoms with Crippen LogP contribution in [0.25, 0.3) is 44.3 Å². The average Bonchev–Trinajstić information content (AvgIpc) is 3.34. The molecule has 0 radical (unpaired) electrons. The average molecular weight is 543 g/mol. The van der Waals surface area contributed by atoms with Gasteiger partial charge in [0, 0.05) is 29.8 Å². The van der Waals surface area contributed by atoms with Gasteiger partial charge in [-0.15, -0.1) is 0 Å². The topological polar surface area (TPSA) is 40.8 Å². The SMILES string of the molecule is [2H]C1(c2ccc(-c3c(C#N)ccc4c3oc3c(-c5cc(CC(C)C)cc[n+]5C)c(C)ccc34)cc2)CCC(C)(C)CC1. The number of pyridine rings is 1. The molecule has 208 valence electrons. The summed E-state index contributed by atoms with van der Waals surface area (Å²) in [6, 6.07) is 23.5. The number of hydrogen-bond donors (Lipinski definition) is 0. The van der Waals surface area contributed by atoms with Crippen LogP contribution in [0.4, 0.5) is 0 Å². The van der Waals surface area contributed by atoms with E-state index in [9.17, 15) is 6.63 Å². The van der Waals surface area contributed by atoms with Gasteiger partial charge in [-0.25, -0.2) is 4.57 Å². The number of furan rings is 1. The maximum Gasteiger partial charge on any atom is 0.216 e. The highest BCUT2D eigenvalue weighted by atomic mass is 16.3.